The van der Waals surface area contributed by atoms with Gasteiger partial charge in [-0.2, -0.15) is 5.10 Å². The predicted octanol–water partition coefficient (Wildman–Crippen LogP) is 2.56. The molecule has 21 heavy (non-hydrogen) atoms. The van der Waals surface area contributed by atoms with Crippen molar-refractivity contribution in [2.45, 2.75) is 19.4 Å². The van der Waals surface area contributed by atoms with Crippen molar-refractivity contribution in [2.24, 2.45) is 0 Å². The average molecular weight is 370 g/mol. The zero-order valence-electron chi connectivity index (χ0n) is 11.6. The van der Waals surface area contributed by atoms with Crippen LogP contribution >= 0.6 is 15.9 Å². The minimum absolute atomic E-state index is 0.121. The Bertz CT molecular complexity index is 778. The molecule has 2 N–H and O–H groups in total. The molecule has 5 nitrogen and oxygen atoms in total. The molecule has 2 heterocycles. The second-order valence-corrected chi connectivity index (χ2v) is 8.62. The van der Waals surface area contributed by atoms with Gasteiger partial charge in [-0.1, -0.05) is 15.9 Å². The number of nitrogens with zero attached hydrogens (tertiary/aromatic N) is 2. The summed E-state index contributed by atoms with van der Waals surface area (Å²) in [4.78, 5) is 0. The van der Waals surface area contributed by atoms with Crippen LogP contribution in [-0.4, -0.2) is 29.7 Å². The second-order valence-electron chi connectivity index (χ2n) is 5.47. The third kappa shape index (κ3) is 2.98. The lowest BCUT2D eigenvalue weighted by atomic mass is 10.1. The number of hydrogen-bond acceptors (Lipinski definition) is 4. The fraction of sp³-hybridized carbons (Fsp3) is 0.357. The van der Waals surface area contributed by atoms with Crippen molar-refractivity contribution in [2.75, 3.05) is 17.2 Å². The highest BCUT2D eigenvalue weighted by molar-refractivity contribution is 9.10. The number of halogens is 1. The van der Waals surface area contributed by atoms with Gasteiger partial charge in [0.05, 0.1) is 23.2 Å². The maximum Gasteiger partial charge on any atom is 0.152 e. The van der Waals surface area contributed by atoms with Gasteiger partial charge < -0.3 is 5.73 Å². The van der Waals surface area contributed by atoms with Crippen LogP contribution < -0.4 is 5.73 Å². The predicted molar refractivity (Wildman–Crippen MR) is 86.8 cm³/mol. The number of rotatable bonds is 2. The molecule has 0 radical (unpaired) electrons. The smallest absolute Gasteiger partial charge is 0.152 e. The molecule has 0 bridgehead atoms. The Hall–Kier alpha value is -1.34. The van der Waals surface area contributed by atoms with Crippen molar-refractivity contribution in [3.8, 4) is 11.3 Å². The molecule has 7 heteroatoms. The third-order valence-corrected chi connectivity index (χ3v) is 5.86. The summed E-state index contributed by atoms with van der Waals surface area (Å²) in [5.74, 6) is 0.836. The fourth-order valence-electron chi connectivity index (χ4n) is 2.69. The first-order valence-corrected chi connectivity index (χ1v) is 9.28. The SMILES string of the molecule is Cc1cc(Br)cc(-c2cc(N)n(C3CCS(=O)(=O)C3)n2)c1. The summed E-state index contributed by atoms with van der Waals surface area (Å²) in [6, 6.07) is 7.67. The van der Waals surface area contributed by atoms with E-state index < -0.39 is 9.84 Å². The summed E-state index contributed by atoms with van der Waals surface area (Å²) in [5.41, 5.74) is 8.87. The molecule has 1 fully saturated rings. The molecule has 1 aliphatic rings. The molecule has 112 valence electrons. The van der Waals surface area contributed by atoms with E-state index in [2.05, 4.69) is 21.0 Å². The monoisotopic (exact) mass is 369 g/mol. The highest BCUT2D eigenvalue weighted by atomic mass is 79.9. The number of nitrogens with two attached hydrogens (primary N) is 1. The van der Waals surface area contributed by atoms with Gasteiger partial charge in [-0.05, 0) is 37.1 Å². The van der Waals surface area contributed by atoms with Gasteiger partial charge in [-0.25, -0.2) is 13.1 Å². The van der Waals surface area contributed by atoms with Crippen molar-refractivity contribution in [3.63, 3.8) is 0 Å². The van der Waals surface area contributed by atoms with Crippen molar-refractivity contribution >= 4 is 31.6 Å². The largest absolute Gasteiger partial charge is 0.384 e. The second kappa shape index (κ2) is 5.14. The Morgan fingerprint density at radius 2 is 2.10 bits per heavy atom. The number of aryl methyl sites for hydroxylation is 1. The summed E-state index contributed by atoms with van der Waals surface area (Å²) >= 11 is 3.47. The van der Waals surface area contributed by atoms with Crippen LogP contribution in [0, 0.1) is 6.92 Å². The van der Waals surface area contributed by atoms with Gasteiger partial charge >= 0.3 is 0 Å². The van der Waals surface area contributed by atoms with Gasteiger partial charge in [0.2, 0.25) is 0 Å². The highest BCUT2D eigenvalue weighted by Gasteiger charge is 2.31. The lowest BCUT2D eigenvalue weighted by Gasteiger charge is -2.10. The zero-order chi connectivity index (χ0) is 15.2. The molecule has 0 saturated carbocycles. The van der Waals surface area contributed by atoms with E-state index in [9.17, 15) is 8.42 Å². The quantitative estimate of drug-likeness (QED) is 0.881. The highest BCUT2D eigenvalue weighted by Crippen LogP contribution is 2.30. The van der Waals surface area contributed by atoms with E-state index in [1.54, 1.807) is 10.7 Å². The topological polar surface area (TPSA) is 78.0 Å². The summed E-state index contributed by atoms with van der Waals surface area (Å²) in [5, 5.41) is 4.52. The minimum atomic E-state index is -2.95. The molecule has 1 aliphatic heterocycles. The molecular weight excluding hydrogens is 354 g/mol. The number of nitrogen functional groups attached to an aromatic ring is 1. The van der Waals surface area contributed by atoms with Crippen molar-refractivity contribution in [1.29, 1.82) is 0 Å². The van der Waals surface area contributed by atoms with Crippen LogP contribution in [-0.2, 0) is 9.84 Å². The van der Waals surface area contributed by atoms with E-state index in [0.29, 0.717) is 12.2 Å². The number of anilines is 1. The van der Waals surface area contributed by atoms with Gasteiger partial charge in [-0.15, -0.1) is 0 Å². The summed E-state index contributed by atoms with van der Waals surface area (Å²) in [6.45, 7) is 2.01. The van der Waals surface area contributed by atoms with Crippen LogP contribution in [0.3, 0.4) is 0 Å². The zero-order valence-corrected chi connectivity index (χ0v) is 14.0. The Kier molecular flexibility index (Phi) is 3.57. The van der Waals surface area contributed by atoms with Gasteiger partial charge in [0.25, 0.3) is 0 Å². The molecule has 0 amide bonds. The fourth-order valence-corrected chi connectivity index (χ4v) is 4.99. The number of aromatic nitrogens is 2. The normalized spacial score (nSPS) is 20.8. The molecular formula is C14H16BrN3O2S. The first-order chi connectivity index (χ1) is 9.84. The lowest BCUT2D eigenvalue weighted by Crippen LogP contribution is -2.14. The number of benzene rings is 1. The number of hydrogen-bond donors (Lipinski definition) is 1. The summed E-state index contributed by atoms with van der Waals surface area (Å²) in [6.07, 6.45) is 0.575. The van der Waals surface area contributed by atoms with Gasteiger partial charge in [-0.3, -0.25) is 0 Å². The Morgan fingerprint density at radius 3 is 2.71 bits per heavy atom. The van der Waals surface area contributed by atoms with E-state index in [1.165, 1.54) is 0 Å². The van der Waals surface area contributed by atoms with E-state index >= 15 is 0 Å². The molecule has 1 atom stereocenters. The van der Waals surface area contributed by atoms with Crippen LogP contribution in [0.5, 0.6) is 0 Å². The molecule has 1 aromatic heterocycles. The molecule has 1 unspecified atom stereocenters. The molecule has 1 aromatic carbocycles. The Labute approximate surface area is 132 Å². The van der Waals surface area contributed by atoms with Crippen molar-refractivity contribution in [1.82, 2.24) is 9.78 Å². The molecule has 3 rings (SSSR count). The van der Waals surface area contributed by atoms with E-state index in [4.69, 9.17) is 5.73 Å². The Balaban J connectivity index is 1.98. The first kappa shape index (κ1) is 14.6. The standard InChI is InChI=1S/C14H16BrN3O2S/c1-9-4-10(6-11(15)5-9)13-7-14(16)18(17-13)12-2-3-21(19,20)8-12/h4-7,12H,2-3,8,16H2,1H3. The number of sulfone groups is 1. The molecule has 2 aromatic rings. The summed E-state index contributed by atoms with van der Waals surface area (Å²) in [7, 11) is -2.95. The molecule has 1 saturated heterocycles. The van der Waals surface area contributed by atoms with Crippen molar-refractivity contribution in [3.05, 3.63) is 34.3 Å². The van der Waals surface area contributed by atoms with E-state index in [1.807, 2.05) is 25.1 Å². The average Bonchev–Trinajstić information content (AvgIpc) is 2.91. The van der Waals surface area contributed by atoms with Crippen LogP contribution in [0.2, 0.25) is 0 Å². The van der Waals surface area contributed by atoms with E-state index in [-0.39, 0.29) is 17.5 Å². The third-order valence-electron chi connectivity index (χ3n) is 3.66. The van der Waals surface area contributed by atoms with Crippen molar-refractivity contribution < 1.29 is 8.42 Å². The Morgan fingerprint density at radius 1 is 1.33 bits per heavy atom. The van der Waals surface area contributed by atoms with Crippen LogP contribution in [0.25, 0.3) is 11.3 Å². The lowest BCUT2D eigenvalue weighted by molar-refractivity contribution is 0.508. The van der Waals surface area contributed by atoms with Crippen LogP contribution in [0.4, 0.5) is 5.82 Å². The van der Waals surface area contributed by atoms with Crippen LogP contribution in [0.1, 0.15) is 18.0 Å². The maximum atomic E-state index is 11.6. The maximum absolute atomic E-state index is 11.6. The van der Waals surface area contributed by atoms with Gasteiger partial charge in [0.1, 0.15) is 5.82 Å². The van der Waals surface area contributed by atoms with Crippen LogP contribution in [0.15, 0.2) is 28.7 Å². The van der Waals surface area contributed by atoms with Gasteiger partial charge in [0, 0.05) is 16.1 Å². The first-order valence-electron chi connectivity index (χ1n) is 6.67. The van der Waals surface area contributed by atoms with E-state index in [0.717, 1.165) is 21.3 Å². The van der Waals surface area contributed by atoms with Gasteiger partial charge in [0.15, 0.2) is 9.84 Å². The molecule has 0 spiro atoms. The molecule has 0 aliphatic carbocycles. The summed E-state index contributed by atoms with van der Waals surface area (Å²) < 4.78 is 25.8. The minimum Gasteiger partial charge on any atom is -0.384 e.